The van der Waals surface area contributed by atoms with E-state index in [0.29, 0.717) is 0 Å². The van der Waals surface area contributed by atoms with E-state index in [1.54, 1.807) is 18.5 Å². The van der Waals surface area contributed by atoms with Crippen molar-refractivity contribution in [3.63, 3.8) is 0 Å². The molecule has 0 unspecified atom stereocenters. The fourth-order valence-corrected chi connectivity index (χ4v) is 2.69. The lowest BCUT2D eigenvalue weighted by Crippen LogP contribution is -2.23. The van der Waals surface area contributed by atoms with Crippen molar-refractivity contribution in [2.45, 2.75) is 18.4 Å². The summed E-state index contributed by atoms with van der Waals surface area (Å²) in [5.74, 6) is -0.645. The molecule has 0 aliphatic carbocycles. The van der Waals surface area contributed by atoms with Crippen LogP contribution in [0.5, 0.6) is 0 Å². The van der Waals surface area contributed by atoms with Crippen LogP contribution in [0.4, 0.5) is 10.1 Å². The third-order valence-corrected chi connectivity index (χ3v) is 4.27. The summed E-state index contributed by atoms with van der Waals surface area (Å²) in [5, 5.41) is 0. The highest BCUT2D eigenvalue weighted by Crippen LogP contribution is 2.17. The van der Waals surface area contributed by atoms with Crippen LogP contribution >= 0.6 is 0 Å². The molecule has 2 rings (SSSR count). The van der Waals surface area contributed by atoms with Gasteiger partial charge in [0.2, 0.25) is 10.0 Å². The maximum Gasteiger partial charge on any atom is 0.240 e. The Bertz CT molecular complexity index is 732. The number of nitrogen functional groups attached to an aromatic ring is 1. The number of nitrogens with two attached hydrogens (primary N) is 1. The van der Waals surface area contributed by atoms with Gasteiger partial charge in [0.15, 0.2) is 0 Å². The number of aromatic nitrogens is 1. The van der Waals surface area contributed by atoms with Gasteiger partial charge >= 0.3 is 0 Å². The SMILES string of the molecule is Cc1cnccc1CNS(=O)(=O)c1ccc(F)c(N)c1. The normalized spacial score (nSPS) is 11.5. The highest BCUT2D eigenvalue weighted by molar-refractivity contribution is 7.89. The van der Waals surface area contributed by atoms with E-state index in [1.807, 2.05) is 6.92 Å². The molecule has 0 radical (unpaired) electrons. The molecule has 0 aliphatic rings. The number of nitrogens with one attached hydrogen (secondary N) is 1. The Balaban J connectivity index is 2.19. The summed E-state index contributed by atoms with van der Waals surface area (Å²) in [7, 11) is -3.73. The van der Waals surface area contributed by atoms with Gasteiger partial charge in [-0.1, -0.05) is 0 Å². The van der Waals surface area contributed by atoms with Crippen molar-refractivity contribution < 1.29 is 12.8 Å². The summed E-state index contributed by atoms with van der Waals surface area (Å²) in [6.07, 6.45) is 3.24. The molecule has 0 spiro atoms. The molecule has 5 nitrogen and oxygen atoms in total. The molecule has 0 atom stereocenters. The Kier molecular flexibility index (Phi) is 4.01. The van der Waals surface area contributed by atoms with Crippen molar-refractivity contribution in [2.24, 2.45) is 0 Å². The van der Waals surface area contributed by atoms with Crippen LogP contribution in [-0.4, -0.2) is 13.4 Å². The Morgan fingerprint density at radius 2 is 2.10 bits per heavy atom. The first-order valence-electron chi connectivity index (χ1n) is 5.84. The maximum absolute atomic E-state index is 13.0. The van der Waals surface area contributed by atoms with E-state index in [0.717, 1.165) is 23.3 Å². The highest BCUT2D eigenvalue weighted by Gasteiger charge is 2.15. The number of rotatable bonds is 4. The summed E-state index contributed by atoms with van der Waals surface area (Å²) >= 11 is 0. The molecule has 106 valence electrons. The average Bonchev–Trinajstić information content (AvgIpc) is 2.41. The van der Waals surface area contributed by atoms with Gasteiger partial charge in [-0.25, -0.2) is 17.5 Å². The second-order valence-corrected chi connectivity index (χ2v) is 6.08. The number of halogens is 1. The van der Waals surface area contributed by atoms with Crippen LogP contribution in [-0.2, 0) is 16.6 Å². The first kappa shape index (κ1) is 14.4. The number of hydrogen-bond acceptors (Lipinski definition) is 4. The van der Waals surface area contributed by atoms with E-state index < -0.39 is 15.8 Å². The summed E-state index contributed by atoms with van der Waals surface area (Å²) in [4.78, 5) is 3.87. The minimum Gasteiger partial charge on any atom is -0.396 e. The molecule has 20 heavy (non-hydrogen) atoms. The van der Waals surface area contributed by atoms with Crippen molar-refractivity contribution in [2.75, 3.05) is 5.73 Å². The lowest BCUT2D eigenvalue weighted by Gasteiger charge is -2.09. The topological polar surface area (TPSA) is 85.1 Å². The maximum atomic E-state index is 13.0. The van der Waals surface area contributed by atoms with Gasteiger partial charge in [0.25, 0.3) is 0 Å². The summed E-state index contributed by atoms with van der Waals surface area (Å²) in [6.45, 7) is 1.97. The number of nitrogens with zero attached hydrogens (tertiary/aromatic N) is 1. The van der Waals surface area contributed by atoms with Gasteiger partial charge < -0.3 is 5.73 Å². The number of pyridine rings is 1. The van der Waals surface area contributed by atoms with Gasteiger partial charge in [-0.2, -0.15) is 0 Å². The predicted octanol–water partition coefficient (Wildman–Crippen LogP) is 1.59. The molecule has 1 aromatic carbocycles. The average molecular weight is 295 g/mol. The van der Waals surface area contributed by atoms with Crippen LogP contribution in [0.1, 0.15) is 11.1 Å². The zero-order valence-electron chi connectivity index (χ0n) is 10.8. The largest absolute Gasteiger partial charge is 0.396 e. The smallest absolute Gasteiger partial charge is 0.240 e. The van der Waals surface area contributed by atoms with Crippen LogP contribution in [0.25, 0.3) is 0 Å². The van der Waals surface area contributed by atoms with E-state index >= 15 is 0 Å². The van der Waals surface area contributed by atoms with Crippen molar-refractivity contribution >= 4 is 15.7 Å². The van der Waals surface area contributed by atoms with Crippen molar-refractivity contribution in [3.05, 3.63) is 53.6 Å². The second kappa shape index (κ2) is 5.56. The Labute approximate surface area is 116 Å². The molecule has 0 saturated carbocycles. The van der Waals surface area contributed by atoms with Crippen molar-refractivity contribution in [1.82, 2.24) is 9.71 Å². The lowest BCUT2D eigenvalue weighted by atomic mass is 10.2. The van der Waals surface area contributed by atoms with E-state index in [9.17, 15) is 12.8 Å². The second-order valence-electron chi connectivity index (χ2n) is 4.31. The van der Waals surface area contributed by atoms with Crippen LogP contribution in [0.3, 0.4) is 0 Å². The molecule has 1 aromatic heterocycles. The van der Waals surface area contributed by atoms with Gasteiger partial charge in [0.1, 0.15) is 5.82 Å². The number of benzene rings is 1. The van der Waals surface area contributed by atoms with Crippen molar-refractivity contribution in [3.8, 4) is 0 Å². The van der Waals surface area contributed by atoms with Crippen molar-refractivity contribution in [1.29, 1.82) is 0 Å². The molecule has 2 aromatic rings. The standard InChI is InChI=1S/C13H14FN3O2S/c1-9-7-16-5-4-10(9)8-17-20(18,19)11-2-3-12(14)13(15)6-11/h2-7,17H,8,15H2,1H3. The van der Waals surface area contributed by atoms with Gasteiger partial charge in [-0.05, 0) is 42.3 Å². The zero-order valence-corrected chi connectivity index (χ0v) is 11.6. The van der Waals surface area contributed by atoms with Crippen LogP contribution in [0.2, 0.25) is 0 Å². The molecular weight excluding hydrogens is 281 g/mol. The minimum atomic E-state index is -3.73. The number of sulfonamides is 1. The molecule has 7 heteroatoms. The number of hydrogen-bond donors (Lipinski definition) is 2. The third kappa shape index (κ3) is 3.12. The molecule has 0 bridgehead atoms. The Morgan fingerprint density at radius 3 is 2.75 bits per heavy atom. The number of aryl methyl sites for hydroxylation is 1. The fraction of sp³-hybridized carbons (Fsp3) is 0.154. The summed E-state index contributed by atoms with van der Waals surface area (Å²) in [6, 6.07) is 5.03. The van der Waals surface area contributed by atoms with Gasteiger partial charge in [-0.3, -0.25) is 4.98 Å². The highest BCUT2D eigenvalue weighted by atomic mass is 32.2. The number of anilines is 1. The molecule has 3 N–H and O–H groups in total. The van der Waals surface area contributed by atoms with E-state index in [2.05, 4.69) is 9.71 Å². The molecule has 0 fully saturated rings. The third-order valence-electron chi connectivity index (χ3n) is 2.87. The first-order chi connectivity index (χ1) is 9.40. The summed E-state index contributed by atoms with van der Waals surface area (Å²) < 4.78 is 39.6. The van der Waals surface area contributed by atoms with Crippen LogP contribution in [0, 0.1) is 12.7 Å². The zero-order chi connectivity index (χ0) is 14.8. The molecular formula is C13H14FN3O2S. The summed E-state index contributed by atoms with van der Waals surface area (Å²) in [5.41, 5.74) is 6.87. The Morgan fingerprint density at radius 1 is 1.35 bits per heavy atom. The van der Waals surface area contributed by atoms with Gasteiger partial charge in [-0.15, -0.1) is 0 Å². The van der Waals surface area contributed by atoms with Gasteiger partial charge in [0.05, 0.1) is 10.6 Å². The van der Waals surface area contributed by atoms with Gasteiger partial charge in [0, 0.05) is 18.9 Å². The minimum absolute atomic E-state index is 0.0666. The van der Waals surface area contributed by atoms with Crippen LogP contribution in [0.15, 0.2) is 41.6 Å². The first-order valence-corrected chi connectivity index (χ1v) is 7.32. The molecule has 0 saturated heterocycles. The predicted molar refractivity (Wildman–Crippen MR) is 73.8 cm³/mol. The van der Waals surface area contributed by atoms with E-state index in [-0.39, 0.29) is 17.1 Å². The Hall–Kier alpha value is -1.99. The monoisotopic (exact) mass is 295 g/mol. The van der Waals surface area contributed by atoms with E-state index in [4.69, 9.17) is 5.73 Å². The molecule has 1 heterocycles. The van der Waals surface area contributed by atoms with Crippen LogP contribution < -0.4 is 10.5 Å². The molecule has 0 amide bonds. The van der Waals surface area contributed by atoms with E-state index in [1.165, 1.54) is 6.07 Å². The fourth-order valence-electron chi connectivity index (χ4n) is 1.65. The molecule has 0 aliphatic heterocycles. The lowest BCUT2D eigenvalue weighted by molar-refractivity contribution is 0.580. The quantitative estimate of drug-likeness (QED) is 0.839.